The summed E-state index contributed by atoms with van der Waals surface area (Å²) in [4.78, 5) is 11.7. The molecule has 0 amide bonds. The van der Waals surface area contributed by atoms with Gasteiger partial charge in [-0.3, -0.25) is 0 Å². The van der Waals surface area contributed by atoms with E-state index in [2.05, 4.69) is 0 Å². The first-order chi connectivity index (χ1) is 7.48. The number of carbonyl (C=O) groups excluding carboxylic acids is 1. The number of hydrogen-bond donors (Lipinski definition) is 0. The standard InChI is InChI=1S/C13H16O3/c1-13(2,3)12-15-10(11(14)16-12)9-7-5-4-6-8-9/h4-8,10,12H,1-3H3/t10-,12?/m1/s1. The Hall–Kier alpha value is -1.35. The number of hydrogen-bond acceptors (Lipinski definition) is 3. The highest BCUT2D eigenvalue weighted by molar-refractivity contribution is 5.78. The Labute approximate surface area is 95.4 Å². The molecule has 0 bridgehead atoms. The highest BCUT2D eigenvalue weighted by Gasteiger charge is 2.42. The fourth-order valence-corrected chi connectivity index (χ4v) is 1.60. The van der Waals surface area contributed by atoms with Gasteiger partial charge in [-0.25, -0.2) is 4.79 Å². The van der Waals surface area contributed by atoms with Crippen LogP contribution in [-0.2, 0) is 14.3 Å². The van der Waals surface area contributed by atoms with E-state index in [4.69, 9.17) is 9.47 Å². The third-order valence-electron chi connectivity index (χ3n) is 2.51. The summed E-state index contributed by atoms with van der Waals surface area (Å²) in [7, 11) is 0. The Bertz CT molecular complexity index is 378. The van der Waals surface area contributed by atoms with E-state index < -0.39 is 12.4 Å². The van der Waals surface area contributed by atoms with Crippen LogP contribution >= 0.6 is 0 Å². The molecule has 0 radical (unpaired) electrons. The largest absolute Gasteiger partial charge is 0.433 e. The molecular formula is C13H16O3. The van der Waals surface area contributed by atoms with Crippen molar-refractivity contribution in [2.75, 3.05) is 0 Å². The molecule has 1 aromatic rings. The average molecular weight is 220 g/mol. The summed E-state index contributed by atoms with van der Waals surface area (Å²) in [6, 6.07) is 9.42. The van der Waals surface area contributed by atoms with Gasteiger partial charge in [-0.2, -0.15) is 0 Å². The van der Waals surface area contributed by atoms with Crippen molar-refractivity contribution in [1.82, 2.24) is 0 Å². The van der Waals surface area contributed by atoms with Crippen molar-refractivity contribution in [3.63, 3.8) is 0 Å². The highest BCUT2D eigenvalue weighted by atomic mass is 16.8. The van der Waals surface area contributed by atoms with Gasteiger partial charge in [0.05, 0.1) is 0 Å². The van der Waals surface area contributed by atoms with E-state index >= 15 is 0 Å². The minimum absolute atomic E-state index is 0.195. The zero-order valence-corrected chi connectivity index (χ0v) is 9.77. The Morgan fingerprint density at radius 2 is 1.75 bits per heavy atom. The molecule has 16 heavy (non-hydrogen) atoms. The molecule has 0 saturated carbocycles. The van der Waals surface area contributed by atoms with Gasteiger partial charge in [-0.15, -0.1) is 0 Å². The van der Waals surface area contributed by atoms with Crippen molar-refractivity contribution in [3.8, 4) is 0 Å². The van der Waals surface area contributed by atoms with Crippen LogP contribution in [0.5, 0.6) is 0 Å². The minimum Gasteiger partial charge on any atom is -0.433 e. The fourth-order valence-electron chi connectivity index (χ4n) is 1.60. The van der Waals surface area contributed by atoms with Crippen LogP contribution in [0, 0.1) is 5.41 Å². The monoisotopic (exact) mass is 220 g/mol. The molecule has 1 aliphatic heterocycles. The normalized spacial score (nSPS) is 25.6. The number of ether oxygens (including phenoxy) is 2. The van der Waals surface area contributed by atoms with E-state index in [9.17, 15) is 4.79 Å². The van der Waals surface area contributed by atoms with Crippen molar-refractivity contribution in [2.45, 2.75) is 33.2 Å². The van der Waals surface area contributed by atoms with Crippen LogP contribution in [0.15, 0.2) is 30.3 Å². The molecule has 1 aliphatic rings. The van der Waals surface area contributed by atoms with Gasteiger partial charge in [0.25, 0.3) is 0 Å². The van der Waals surface area contributed by atoms with E-state index in [-0.39, 0.29) is 11.4 Å². The lowest BCUT2D eigenvalue weighted by atomic mass is 9.96. The molecule has 0 aromatic heterocycles. The molecule has 0 aliphatic carbocycles. The summed E-state index contributed by atoms with van der Waals surface area (Å²) in [5, 5.41) is 0. The van der Waals surface area contributed by atoms with Gasteiger partial charge in [0.15, 0.2) is 6.10 Å². The fraction of sp³-hybridized carbons (Fsp3) is 0.462. The van der Waals surface area contributed by atoms with Crippen molar-refractivity contribution < 1.29 is 14.3 Å². The van der Waals surface area contributed by atoms with Gasteiger partial charge in [-0.05, 0) is 5.56 Å². The van der Waals surface area contributed by atoms with Crippen LogP contribution in [0.2, 0.25) is 0 Å². The van der Waals surface area contributed by atoms with Gasteiger partial charge in [0.1, 0.15) is 0 Å². The van der Waals surface area contributed by atoms with Gasteiger partial charge in [0.2, 0.25) is 6.29 Å². The molecule has 0 spiro atoms. The molecule has 1 aromatic carbocycles. The smallest absolute Gasteiger partial charge is 0.342 e. The van der Waals surface area contributed by atoms with Crippen LogP contribution in [0.4, 0.5) is 0 Å². The maximum atomic E-state index is 11.7. The zero-order chi connectivity index (χ0) is 11.8. The van der Waals surface area contributed by atoms with Gasteiger partial charge < -0.3 is 9.47 Å². The maximum Gasteiger partial charge on any atom is 0.342 e. The summed E-state index contributed by atoms with van der Waals surface area (Å²) in [5.74, 6) is -0.300. The predicted octanol–water partition coefficient (Wildman–Crippen LogP) is 2.67. The molecule has 1 fully saturated rings. The van der Waals surface area contributed by atoms with Crippen LogP contribution in [0.25, 0.3) is 0 Å². The molecule has 3 heteroatoms. The minimum atomic E-state index is -0.578. The lowest BCUT2D eigenvalue weighted by Gasteiger charge is -2.24. The van der Waals surface area contributed by atoms with E-state index in [1.165, 1.54) is 0 Å². The molecule has 2 rings (SSSR count). The summed E-state index contributed by atoms with van der Waals surface area (Å²) in [6.45, 7) is 5.95. The van der Waals surface area contributed by atoms with E-state index in [0.29, 0.717) is 0 Å². The summed E-state index contributed by atoms with van der Waals surface area (Å²) in [5.41, 5.74) is 0.651. The molecule has 86 valence electrons. The lowest BCUT2D eigenvalue weighted by Crippen LogP contribution is -2.27. The molecular weight excluding hydrogens is 204 g/mol. The van der Waals surface area contributed by atoms with E-state index in [0.717, 1.165) is 5.56 Å². The Morgan fingerprint density at radius 1 is 1.12 bits per heavy atom. The molecule has 3 nitrogen and oxygen atoms in total. The second-order valence-corrected chi connectivity index (χ2v) is 5.06. The average Bonchev–Trinajstić information content (AvgIpc) is 2.61. The number of benzene rings is 1. The van der Waals surface area contributed by atoms with Gasteiger partial charge in [0, 0.05) is 5.41 Å². The van der Waals surface area contributed by atoms with Crippen molar-refractivity contribution >= 4 is 5.97 Å². The van der Waals surface area contributed by atoms with Crippen LogP contribution in [-0.4, -0.2) is 12.3 Å². The number of cyclic esters (lactones) is 1. The number of rotatable bonds is 1. The van der Waals surface area contributed by atoms with Crippen molar-refractivity contribution in [3.05, 3.63) is 35.9 Å². The van der Waals surface area contributed by atoms with Gasteiger partial charge in [-0.1, -0.05) is 51.1 Å². The van der Waals surface area contributed by atoms with E-state index in [1.807, 2.05) is 51.1 Å². The quantitative estimate of drug-likeness (QED) is 0.682. The van der Waals surface area contributed by atoms with Crippen molar-refractivity contribution in [1.29, 1.82) is 0 Å². The zero-order valence-electron chi connectivity index (χ0n) is 9.77. The Morgan fingerprint density at radius 3 is 2.25 bits per heavy atom. The van der Waals surface area contributed by atoms with Crippen LogP contribution < -0.4 is 0 Å². The summed E-state index contributed by atoms with van der Waals surface area (Å²) >= 11 is 0. The Kier molecular flexibility index (Phi) is 2.72. The Balaban J connectivity index is 2.18. The topological polar surface area (TPSA) is 35.5 Å². The third-order valence-corrected chi connectivity index (χ3v) is 2.51. The number of carbonyl (C=O) groups is 1. The molecule has 1 heterocycles. The number of esters is 1. The summed E-state index contributed by atoms with van der Waals surface area (Å²) in [6.07, 6.45) is -1.05. The summed E-state index contributed by atoms with van der Waals surface area (Å²) < 4.78 is 10.9. The molecule has 0 N–H and O–H groups in total. The van der Waals surface area contributed by atoms with Gasteiger partial charge >= 0.3 is 5.97 Å². The van der Waals surface area contributed by atoms with E-state index in [1.54, 1.807) is 0 Å². The third kappa shape index (κ3) is 2.09. The lowest BCUT2D eigenvalue weighted by molar-refractivity contribution is -0.154. The molecule has 2 atom stereocenters. The van der Waals surface area contributed by atoms with Crippen LogP contribution in [0.1, 0.15) is 32.4 Å². The SMILES string of the molecule is CC(C)(C)C1OC(=O)[C@@H](c2ccccc2)O1. The second kappa shape index (κ2) is 3.91. The highest BCUT2D eigenvalue weighted by Crippen LogP contribution is 2.35. The van der Waals surface area contributed by atoms with Crippen LogP contribution in [0.3, 0.4) is 0 Å². The first kappa shape index (κ1) is 11.1. The van der Waals surface area contributed by atoms with Crippen molar-refractivity contribution in [2.24, 2.45) is 5.41 Å². The maximum absolute atomic E-state index is 11.7. The first-order valence-corrected chi connectivity index (χ1v) is 5.39. The first-order valence-electron chi connectivity index (χ1n) is 5.39. The second-order valence-electron chi connectivity index (χ2n) is 5.06. The molecule has 1 saturated heterocycles. The predicted molar refractivity (Wildman–Crippen MR) is 59.6 cm³/mol. The molecule has 1 unspecified atom stereocenters.